The van der Waals surface area contributed by atoms with Gasteiger partial charge in [0.2, 0.25) is 0 Å². The Labute approximate surface area is 77.5 Å². The van der Waals surface area contributed by atoms with Crippen molar-refractivity contribution in [3.8, 4) is 0 Å². The summed E-state index contributed by atoms with van der Waals surface area (Å²) in [6, 6.07) is 0. The van der Waals surface area contributed by atoms with Gasteiger partial charge in [-0.1, -0.05) is 6.58 Å². The third-order valence-corrected chi connectivity index (χ3v) is 2.58. The Morgan fingerprint density at radius 3 is 2.38 bits per heavy atom. The van der Waals surface area contributed by atoms with Gasteiger partial charge in [0.15, 0.2) is 5.78 Å². The standard InChI is InChI=1S/C8H14FO3P/c1-6(2)8(10)5-13(9,11)12-7(3)4/h7H,1,5H2,2-4H3. The van der Waals surface area contributed by atoms with Crippen LogP contribution in [0.15, 0.2) is 12.2 Å². The average molecular weight is 208 g/mol. The fourth-order valence-corrected chi connectivity index (χ4v) is 1.98. The molecule has 3 nitrogen and oxygen atoms in total. The molecule has 0 saturated carbocycles. The van der Waals surface area contributed by atoms with E-state index in [4.69, 9.17) is 0 Å². The highest BCUT2D eigenvalue weighted by atomic mass is 31.2. The van der Waals surface area contributed by atoms with Crippen LogP contribution in [0.1, 0.15) is 20.8 Å². The van der Waals surface area contributed by atoms with Crippen LogP contribution >= 0.6 is 7.68 Å². The van der Waals surface area contributed by atoms with Crippen molar-refractivity contribution in [2.24, 2.45) is 0 Å². The first kappa shape index (κ1) is 12.5. The van der Waals surface area contributed by atoms with Crippen LogP contribution in [-0.2, 0) is 13.9 Å². The molecule has 0 aromatic carbocycles. The molecule has 0 aromatic heterocycles. The summed E-state index contributed by atoms with van der Waals surface area (Å²) >= 11 is 0. The summed E-state index contributed by atoms with van der Waals surface area (Å²) in [5.74, 6) is -0.563. The van der Waals surface area contributed by atoms with E-state index < -0.39 is 25.7 Å². The molecule has 0 aliphatic rings. The van der Waals surface area contributed by atoms with Gasteiger partial charge in [-0.05, 0) is 26.3 Å². The zero-order chi connectivity index (χ0) is 10.6. The van der Waals surface area contributed by atoms with E-state index in [0.29, 0.717) is 0 Å². The van der Waals surface area contributed by atoms with Gasteiger partial charge >= 0.3 is 7.68 Å². The molecule has 0 rings (SSSR count). The van der Waals surface area contributed by atoms with E-state index in [9.17, 15) is 13.6 Å². The fourth-order valence-electron chi connectivity index (χ4n) is 0.659. The molecule has 76 valence electrons. The van der Waals surface area contributed by atoms with Crippen LogP contribution < -0.4 is 0 Å². The number of carbonyl (C=O) groups excluding carboxylic acids is 1. The average Bonchev–Trinajstić information content (AvgIpc) is 1.81. The van der Waals surface area contributed by atoms with Crippen LogP contribution in [0.3, 0.4) is 0 Å². The van der Waals surface area contributed by atoms with E-state index in [-0.39, 0.29) is 5.57 Å². The first-order chi connectivity index (χ1) is 5.74. The monoisotopic (exact) mass is 208 g/mol. The van der Waals surface area contributed by atoms with Crippen LogP contribution in [0.5, 0.6) is 0 Å². The molecule has 0 heterocycles. The number of allylic oxidation sites excluding steroid dienone is 1. The van der Waals surface area contributed by atoms with E-state index >= 15 is 0 Å². The van der Waals surface area contributed by atoms with Crippen molar-refractivity contribution < 1.29 is 18.1 Å². The first-order valence-electron chi connectivity index (χ1n) is 3.90. The van der Waals surface area contributed by atoms with Crippen LogP contribution in [0.2, 0.25) is 0 Å². The zero-order valence-electron chi connectivity index (χ0n) is 8.04. The SMILES string of the molecule is C=C(C)C(=O)CP(=O)(F)OC(C)C. The number of rotatable bonds is 5. The molecule has 5 heteroatoms. The molecule has 0 aromatic rings. The maximum atomic E-state index is 13.0. The van der Waals surface area contributed by atoms with Gasteiger partial charge in [0.25, 0.3) is 0 Å². The molecular weight excluding hydrogens is 194 g/mol. The topological polar surface area (TPSA) is 43.4 Å². The maximum Gasteiger partial charge on any atom is 0.375 e. The summed E-state index contributed by atoms with van der Waals surface area (Å²) < 4.78 is 28.5. The minimum Gasteiger partial charge on any atom is -0.302 e. The van der Waals surface area contributed by atoms with E-state index in [2.05, 4.69) is 11.1 Å². The van der Waals surface area contributed by atoms with Gasteiger partial charge in [0.1, 0.15) is 6.16 Å². The lowest BCUT2D eigenvalue weighted by molar-refractivity contribution is -0.113. The van der Waals surface area contributed by atoms with Gasteiger partial charge in [-0.15, -0.1) is 0 Å². The predicted molar refractivity (Wildman–Crippen MR) is 49.6 cm³/mol. The molecule has 0 spiro atoms. The molecule has 0 bridgehead atoms. The lowest BCUT2D eigenvalue weighted by atomic mass is 10.2. The third-order valence-electron chi connectivity index (χ3n) is 1.18. The van der Waals surface area contributed by atoms with Gasteiger partial charge < -0.3 is 4.52 Å². The lowest BCUT2D eigenvalue weighted by Gasteiger charge is -2.11. The van der Waals surface area contributed by atoms with Gasteiger partial charge in [-0.2, -0.15) is 4.20 Å². The Bertz CT molecular complexity index is 260. The molecular formula is C8H14FO3P. The van der Waals surface area contributed by atoms with Gasteiger partial charge in [-0.25, -0.2) is 0 Å². The van der Waals surface area contributed by atoms with E-state index in [1.165, 1.54) is 6.92 Å². The van der Waals surface area contributed by atoms with Crippen molar-refractivity contribution in [3.63, 3.8) is 0 Å². The number of halogens is 1. The van der Waals surface area contributed by atoms with E-state index in [1.54, 1.807) is 13.8 Å². The van der Waals surface area contributed by atoms with E-state index in [1.807, 2.05) is 0 Å². The quantitative estimate of drug-likeness (QED) is 0.515. The number of carbonyl (C=O) groups is 1. The second-order valence-corrected chi connectivity index (χ2v) is 4.81. The number of hydrogen-bond donors (Lipinski definition) is 0. The Kier molecular flexibility index (Phi) is 4.51. The minimum atomic E-state index is -4.27. The molecule has 0 aliphatic heterocycles. The van der Waals surface area contributed by atoms with Crippen molar-refractivity contribution in [1.82, 2.24) is 0 Å². The Morgan fingerprint density at radius 2 is 2.08 bits per heavy atom. The van der Waals surface area contributed by atoms with Gasteiger partial charge in [-0.3, -0.25) is 9.36 Å². The van der Waals surface area contributed by atoms with Crippen molar-refractivity contribution in [3.05, 3.63) is 12.2 Å². The van der Waals surface area contributed by atoms with Crippen molar-refractivity contribution >= 4 is 13.5 Å². The Balaban J connectivity index is 4.26. The second kappa shape index (κ2) is 4.68. The summed E-state index contributed by atoms with van der Waals surface area (Å²) in [5, 5.41) is 0. The molecule has 1 atom stereocenters. The van der Waals surface area contributed by atoms with Gasteiger partial charge in [0, 0.05) is 0 Å². The molecule has 0 saturated heterocycles. The van der Waals surface area contributed by atoms with Crippen LogP contribution in [-0.4, -0.2) is 18.0 Å². The van der Waals surface area contributed by atoms with E-state index in [0.717, 1.165) is 0 Å². The molecule has 0 amide bonds. The van der Waals surface area contributed by atoms with Crippen molar-refractivity contribution in [2.75, 3.05) is 6.16 Å². The summed E-state index contributed by atoms with van der Waals surface area (Å²) in [6.45, 7) is 7.87. The Hall–Kier alpha value is -0.470. The summed E-state index contributed by atoms with van der Waals surface area (Å²) in [5.41, 5.74) is 0.185. The lowest BCUT2D eigenvalue weighted by Crippen LogP contribution is -2.08. The highest BCUT2D eigenvalue weighted by Crippen LogP contribution is 2.49. The number of hydrogen-bond acceptors (Lipinski definition) is 3. The van der Waals surface area contributed by atoms with Crippen molar-refractivity contribution in [2.45, 2.75) is 26.9 Å². The van der Waals surface area contributed by atoms with Crippen LogP contribution in [0, 0.1) is 0 Å². The second-order valence-electron chi connectivity index (χ2n) is 3.11. The zero-order valence-corrected chi connectivity index (χ0v) is 8.94. The molecule has 0 N–H and O–H groups in total. The molecule has 13 heavy (non-hydrogen) atoms. The number of Topliss-reactive ketones (excluding diaryl/α,β-unsaturated/α-hetero) is 1. The van der Waals surface area contributed by atoms with Crippen molar-refractivity contribution in [1.29, 1.82) is 0 Å². The largest absolute Gasteiger partial charge is 0.375 e. The summed E-state index contributed by atoms with van der Waals surface area (Å²) in [4.78, 5) is 10.9. The molecule has 0 fully saturated rings. The molecule has 0 aliphatic carbocycles. The third kappa shape index (κ3) is 5.72. The highest BCUT2D eigenvalue weighted by Gasteiger charge is 2.27. The normalized spacial score (nSPS) is 15.5. The van der Waals surface area contributed by atoms with Gasteiger partial charge in [0.05, 0.1) is 6.10 Å². The highest BCUT2D eigenvalue weighted by molar-refractivity contribution is 7.54. The fraction of sp³-hybridized carbons (Fsp3) is 0.625. The van der Waals surface area contributed by atoms with Crippen LogP contribution in [0.25, 0.3) is 0 Å². The molecule has 0 radical (unpaired) electrons. The summed E-state index contributed by atoms with van der Waals surface area (Å²) in [7, 11) is -4.27. The maximum absolute atomic E-state index is 13.0. The predicted octanol–water partition coefficient (Wildman–Crippen LogP) is 2.72. The smallest absolute Gasteiger partial charge is 0.302 e. The molecule has 1 unspecified atom stereocenters. The van der Waals surface area contributed by atoms with Crippen LogP contribution in [0.4, 0.5) is 4.20 Å². The Morgan fingerprint density at radius 1 is 1.62 bits per heavy atom. The first-order valence-corrected chi connectivity index (χ1v) is 5.60. The minimum absolute atomic E-state index is 0.185. The number of ketones is 1. The summed E-state index contributed by atoms with van der Waals surface area (Å²) in [6.07, 6.45) is -1.20.